The average Bonchev–Trinajstić information content (AvgIpc) is 2.91. The molecule has 0 nitrogen and oxygen atoms in total. The molecule has 0 saturated carbocycles. The Labute approximate surface area is 153 Å². The zero-order chi connectivity index (χ0) is 15.2. The van der Waals surface area contributed by atoms with Crippen LogP contribution in [0.15, 0.2) is 52.5 Å². The number of hydrogen-bond donors (Lipinski definition) is 0. The van der Waals surface area contributed by atoms with Crippen LogP contribution >= 0.6 is 33.0 Å². The summed E-state index contributed by atoms with van der Waals surface area (Å²) in [5, 5.41) is 0. The van der Waals surface area contributed by atoms with Crippen molar-refractivity contribution in [1.82, 2.24) is 0 Å². The summed E-state index contributed by atoms with van der Waals surface area (Å²) in [6, 6.07) is 15.2. The van der Waals surface area contributed by atoms with E-state index in [-0.39, 0.29) is 0 Å². The third-order valence-corrected chi connectivity index (χ3v) is 4.05. The van der Waals surface area contributed by atoms with Gasteiger partial charge in [0.05, 0.1) is 0 Å². The molecule has 0 heterocycles. The third-order valence-electron chi connectivity index (χ3n) is 3.55. The first-order valence-corrected chi connectivity index (χ1v) is 13.9. The summed E-state index contributed by atoms with van der Waals surface area (Å²) in [6.45, 7) is 2.23. The van der Waals surface area contributed by atoms with Crippen molar-refractivity contribution in [1.29, 1.82) is 0 Å². The fourth-order valence-electron chi connectivity index (χ4n) is 2.57. The summed E-state index contributed by atoms with van der Waals surface area (Å²) >= 11 is 2.72. The van der Waals surface area contributed by atoms with E-state index in [9.17, 15) is 0 Å². The van der Waals surface area contributed by atoms with Crippen LogP contribution in [-0.4, -0.2) is 0 Å². The van der Waals surface area contributed by atoms with Crippen molar-refractivity contribution in [3.63, 3.8) is 0 Å². The Morgan fingerprint density at radius 2 is 1.86 bits per heavy atom. The number of hydrogen-bond acceptors (Lipinski definition) is 0. The molecule has 0 amide bonds. The molecule has 2 aromatic carbocycles. The predicted octanol–water partition coefficient (Wildman–Crippen LogP) is 6.84. The normalized spacial score (nSPS) is 12.1. The molecule has 21 heavy (non-hydrogen) atoms. The van der Waals surface area contributed by atoms with E-state index in [1.807, 2.05) is 0 Å². The second-order valence-corrected chi connectivity index (χ2v) is 9.44. The fourth-order valence-corrected chi connectivity index (χ4v) is 2.97. The van der Waals surface area contributed by atoms with E-state index in [4.69, 9.17) is 17.0 Å². The molecule has 1 aliphatic rings. The molecule has 0 bridgehead atoms. The van der Waals surface area contributed by atoms with Crippen molar-refractivity contribution in [3.8, 4) is 11.1 Å². The van der Waals surface area contributed by atoms with Gasteiger partial charge in [0.1, 0.15) is 0 Å². The molecule has 108 valence electrons. The number of rotatable bonds is 2. The molecule has 1 aliphatic carbocycles. The van der Waals surface area contributed by atoms with Crippen LogP contribution in [0.4, 0.5) is 0 Å². The van der Waals surface area contributed by atoms with Crippen LogP contribution in [0.5, 0.6) is 0 Å². The molecule has 0 fully saturated rings. The average molecular weight is 461 g/mol. The molecule has 2 aromatic rings. The molecule has 0 aliphatic heterocycles. The summed E-state index contributed by atoms with van der Waals surface area (Å²) in [6.07, 6.45) is 4.63. The minimum atomic E-state index is -0.826. The standard InChI is InChI=1S/C17H15Br.2ClH.Zr/c1-2-12-9-13-6-4-8-16(17(13)10-12)14-5-3-7-15(18)11-14;;;/h3-8,10-11H,2,9H2,1H3;2*1H;/q;;;+2/p-2. The summed E-state index contributed by atoms with van der Waals surface area (Å²) in [7, 11) is 9.87. The third kappa shape index (κ3) is 4.55. The van der Waals surface area contributed by atoms with Crippen LogP contribution in [-0.2, 0) is 27.3 Å². The van der Waals surface area contributed by atoms with Gasteiger partial charge in [0, 0.05) is 4.47 Å². The predicted molar refractivity (Wildman–Crippen MR) is 93.3 cm³/mol. The van der Waals surface area contributed by atoms with Crippen molar-refractivity contribution in [3.05, 3.63) is 63.6 Å². The first-order chi connectivity index (χ1) is 10.2. The van der Waals surface area contributed by atoms with Crippen LogP contribution in [0, 0.1) is 0 Å². The molecule has 0 radical (unpaired) electrons. The zero-order valence-corrected chi connectivity index (χ0v) is 17.2. The molecule has 0 saturated heterocycles. The summed E-state index contributed by atoms with van der Waals surface area (Å²) in [4.78, 5) is 0. The first kappa shape index (κ1) is 17.5. The molecular formula is C17H15BrCl2Zr. The maximum atomic E-state index is 4.93. The van der Waals surface area contributed by atoms with Gasteiger partial charge >= 0.3 is 37.9 Å². The van der Waals surface area contributed by atoms with Crippen LogP contribution < -0.4 is 0 Å². The van der Waals surface area contributed by atoms with Gasteiger partial charge in [-0.15, -0.1) is 0 Å². The Balaban J connectivity index is 0.000000497. The Morgan fingerprint density at radius 1 is 1.14 bits per heavy atom. The summed E-state index contributed by atoms with van der Waals surface area (Å²) < 4.78 is 1.13. The van der Waals surface area contributed by atoms with E-state index in [0.29, 0.717) is 0 Å². The SMILES string of the molecule is CCC1=Cc2c(cccc2-c2cccc(Br)c2)C1.[Cl][Zr][Cl]. The van der Waals surface area contributed by atoms with Gasteiger partial charge in [0.25, 0.3) is 0 Å². The van der Waals surface area contributed by atoms with Gasteiger partial charge < -0.3 is 0 Å². The monoisotopic (exact) mass is 458 g/mol. The molecule has 0 aromatic heterocycles. The van der Waals surface area contributed by atoms with Gasteiger partial charge in [0.15, 0.2) is 0 Å². The van der Waals surface area contributed by atoms with Crippen LogP contribution in [0.1, 0.15) is 24.5 Å². The Kier molecular flexibility index (Phi) is 7.22. The van der Waals surface area contributed by atoms with Crippen molar-refractivity contribution in [2.24, 2.45) is 0 Å². The van der Waals surface area contributed by atoms with Gasteiger partial charge in [-0.05, 0) is 47.2 Å². The number of allylic oxidation sites excluding steroid dienone is 1. The number of halogens is 3. The van der Waals surface area contributed by atoms with Crippen molar-refractivity contribution in [2.75, 3.05) is 0 Å². The van der Waals surface area contributed by atoms with Crippen LogP contribution in [0.3, 0.4) is 0 Å². The molecule has 0 unspecified atom stereocenters. The van der Waals surface area contributed by atoms with Crippen LogP contribution in [0.25, 0.3) is 17.2 Å². The van der Waals surface area contributed by atoms with E-state index < -0.39 is 20.8 Å². The zero-order valence-electron chi connectivity index (χ0n) is 11.7. The molecule has 0 spiro atoms. The molecule has 3 rings (SSSR count). The Hall–Kier alpha value is 0.123. The second-order valence-electron chi connectivity index (χ2n) is 4.79. The van der Waals surface area contributed by atoms with E-state index in [0.717, 1.165) is 17.3 Å². The van der Waals surface area contributed by atoms with E-state index in [1.54, 1.807) is 0 Å². The molecule has 4 heteroatoms. The van der Waals surface area contributed by atoms with Crippen molar-refractivity contribution < 1.29 is 20.8 Å². The number of benzene rings is 2. The van der Waals surface area contributed by atoms with Gasteiger partial charge in [-0.1, -0.05) is 64.8 Å². The quantitative estimate of drug-likeness (QED) is 0.459. The van der Waals surface area contributed by atoms with Crippen molar-refractivity contribution in [2.45, 2.75) is 19.8 Å². The summed E-state index contributed by atoms with van der Waals surface area (Å²) in [5.74, 6) is 0. The fraction of sp³-hybridized carbons (Fsp3) is 0.176. The van der Waals surface area contributed by atoms with E-state index >= 15 is 0 Å². The van der Waals surface area contributed by atoms with E-state index in [2.05, 4.69) is 71.4 Å². The van der Waals surface area contributed by atoms with Crippen molar-refractivity contribution >= 4 is 39.0 Å². The van der Waals surface area contributed by atoms with Crippen LogP contribution in [0.2, 0.25) is 0 Å². The van der Waals surface area contributed by atoms with Gasteiger partial charge in [-0.25, -0.2) is 0 Å². The van der Waals surface area contributed by atoms with Gasteiger partial charge in [-0.2, -0.15) is 0 Å². The first-order valence-electron chi connectivity index (χ1n) is 6.73. The maximum absolute atomic E-state index is 4.93. The minimum absolute atomic E-state index is 0.826. The molecule has 0 N–H and O–H groups in total. The topological polar surface area (TPSA) is 0 Å². The molecular weight excluding hydrogens is 446 g/mol. The van der Waals surface area contributed by atoms with Gasteiger partial charge in [-0.3, -0.25) is 0 Å². The molecule has 0 atom stereocenters. The second kappa shape index (κ2) is 8.68. The Morgan fingerprint density at radius 3 is 2.52 bits per heavy atom. The number of fused-ring (bicyclic) bond motifs is 1. The van der Waals surface area contributed by atoms with E-state index in [1.165, 1.54) is 27.8 Å². The summed E-state index contributed by atoms with van der Waals surface area (Å²) in [5.41, 5.74) is 7.04. The Bertz CT molecular complexity index is 653. The van der Waals surface area contributed by atoms with Gasteiger partial charge in [0.2, 0.25) is 0 Å².